The van der Waals surface area contributed by atoms with Gasteiger partial charge >= 0.3 is 5.97 Å². The number of likely N-dealkylation sites (tertiary alicyclic amines) is 1. The Morgan fingerprint density at radius 2 is 2.00 bits per heavy atom. The van der Waals surface area contributed by atoms with Crippen LogP contribution in [0.3, 0.4) is 0 Å². The predicted octanol–water partition coefficient (Wildman–Crippen LogP) is 0.869. The van der Waals surface area contributed by atoms with Crippen LogP contribution >= 0.6 is 0 Å². The smallest absolute Gasteiger partial charge is 0.335 e. The third-order valence-corrected chi connectivity index (χ3v) is 3.70. The molecule has 1 fully saturated rings. The van der Waals surface area contributed by atoms with Crippen molar-refractivity contribution in [2.75, 3.05) is 13.6 Å². The van der Waals surface area contributed by atoms with Crippen molar-refractivity contribution < 1.29 is 19.5 Å². The van der Waals surface area contributed by atoms with Gasteiger partial charge in [0.1, 0.15) is 0 Å². The van der Waals surface area contributed by atoms with Crippen LogP contribution < -0.4 is 5.32 Å². The van der Waals surface area contributed by atoms with Gasteiger partial charge in [-0.2, -0.15) is 0 Å². The number of benzene rings is 1. The molecular weight excluding hydrogens is 272 g/mol. The topological polar surface area (TPSA) is 86.7 Å². The van der Waals surface area contributed by atoms with Gasteiger partial charge in [-0.05, 0) is 24.1 Å². The van der Waals surface area contributed by atoms with Gasteiger partial charge in [0.05, 0.1) is 5.56 Å². The minimum atomic E-state index is -0.976. The van der Waals surface area contributed by atoms with Crippen LogP contribution in [0.25, 0.3) is 0 Å². The lowest BCUT2D eigenvalue weighted by Gasteiger charge is -2.27. The summed E-state index contributed by atoms with van der Waals surface area (Å²) in [6.07, 6.45) is 0.923. The van der Waals surface area contributed by atoms with Crippen molar-refractivity contribution in [1.29, 1.82) is 0 Å². The summed E-state index contributed by atoms with van der Waals surface area (Å²) in [7, 11) is 1.74. The van der Waals surface area contributed by atoms with E-state index in [4.69, 9.17) is 5.11 Å². The molecule has 1 aliphatic heterocycles. The van der Waals surface area contributed by atoms with E-state index < -0.39 is 5.97 Å². The molecule has 6 nitrogen and oxygen atoms in total. The zero-order valence-corrected chi connectivity index (χ0v) is 11.8. The number of carbonyl (C=O) groups is 3. The first kappa shape index (κ1) is 15.0. The molecule has 1 heterocycles. The fraction of sp³-hybridized carbons (Fsp3) is 0.400. The van der Waals surface area contributed by atoms with Gasteiger partial charge in [0, 0.05) is 32.5 Å². The zero-order chi connectivity index (χ0) is 15.4. The molecule has 1 atom stereocenters. The number of rotatable bonds is 4. The van der Waals surface area contributed by atoms with E-state index in [9.17, 15) is 14.4 Å². The first-order chi connectivity index (χ1) is 9.97. The van der Waals surface area contributed by atoms with Gasteiger partial charge in [0.2, 0.25) is 11.8 Å². The van der Waals surface area contributed by atoms with Crippen LogP contribution in [0.1, 0.15) is 28.8 Å². The summed E-state index contributed by atoms with van der Waals surface area (Å²) >= 11 is 0. The number of carboxylic acid groups (broad SMARTS) is 1. The quantitative estimate of drug-likeness (QED) is 0.861. The molecule has 1 aromatic rings. The summed E-state index contributed by atoms with van der Waals surface area (Å²) < 4.78 is 0. The number of carbonyl (C=O) groups excluding carboxylic acids is 2. The number of hydrogen-bond donors (Lipinski definition) is 2. The lowest BCUT2D eigenvalue weighted by molar-refractivity contribution is -0.139. The highest BCUT2D eigenvalue weighted by Gasteiger charge is 2.28. The maximum Gasteiger partial charge on any atom is 0.335 e. The molecule has 0 spiro atoms. The summed E-state index contributed by atoms with van der Waals surface area (Å²) in [5.41, 5.74) is 1.04. The summed E-state index contributed by atoms with van der Waals surface area (Å²) in [6, 6.07) is 6.35. The van der Waals surface area contributed by atoms with Crippen molar-refractivity contribution in [1.82, 2.24) is 10.2 Å². The minimum Gasteiger partial charge on any atom is -0.478 e. The summed E-state index contributed by atoms with van der Waals surface area (Å²) in [5, 5.41) is 11.6. The molecule has 1 aliphatic rings. The SMILES string of the molecule is CN1CC[C@H](C(=O)NCc2ccc(C(=O)O)cc2)CC1=O. The maximum atomic E-state index is 12.0. The van der Waals surface area contributed by atoms with Crippen molar-refractivity contribution in [2.24, 2.45) is 5.92 Å². The van der Waals surface area contributed by atoms with E-state index in [0.29, 0.717) is 19.5 Å². The fourth-order valence-electron chi connectivity index (χ4n) is 2.27. The highest BCUT2D eigenvalue weighted by molar-refractivity contribution is 5.88. The molecule has 0 aliphatic carbocycles. The molecule has 1 saturated heterocycles. The van der Waals surface area contributed by atoms with Crippen LogP contribution in [0.15, 0.2) is 24.3 Å². The van der Waals surface area contributed by atoms with Gasteiger partial charge in [-0.3, -0.25) is 9.59 Å². The second-order valence-corrected chi connectivity index (χ2v) is 5.22. The average Bonchev–Trinajstić information content (AvgIpc) is 2.48. The summed E-state index contributed by atoms with van der Waals surface area (Å²) in [5.74, 6) is -1.38. The van der Waals surface area contributed by atoms with E-state index in [2.05, 4.69) is 5.32 Å². The lowest BCUT2D eigenvalue weighted by Crippen LogP contribution is -2.41. The van der Waals surface area contributed by atoms with E-state index in [1.807, 2.05) is 0 Å². The highest BCUT2D eigenvalue weighted by atomic mass is 16.4. The van der Waals surface area contributed by atoms with Gasteiger partial charge in [0.25, 0.3) is 0 Å². The lowest BCUT2D eigenvalue weighted by atomic mass is 9.95. The van der Waals surface area contributed by atoms with E-state index in [1.54, 1.807) is 24.1 Å². The van der Waals surface area contributed by atoms with Gasteiger partial charge in [-0.15, -0.1) is 0 Å². The molecule has 0 unspecified atom stereocenters. The number of piperidine rings is 1. The van der Waals surface area contributed by atoms with Crippen molar-refractivity contribution in [2.45, 2.75) is 19.4 Å². The van der Waals surface area contributed by atoms with Crippen molar-refractivity contribution >= 4 is 17.8 Å². The molecular formula is C15H18N2O4. The second kappa shape index (κ2) is 6.39. The number of hydrogen-bond acceptors (Lipinski definition) is 3. The summed E-state index contributed by atoms with van der Waals surface area (Å²) in [6.45, 7) is 0.934. The molecule has 0 aromatic heterocycles. The standard InChI is InChI=1S/C15H18N2O4/c1-17-7-6-12(8-13(17)18)14(19)16-9-10-2-4-11(5-3-10)15(20)21/h2-5,12H,6-9H2,1H3,(H,16,19)(H,20,21)/t12-/m0/s1. The molecule has 1 aromatic carbocycles. The molecule has 112 valence electrons. The Morgan fingerprint density at radius 3 is 2.57 bits per heavy atom. The van der Waals surface area contributed by atoms with Gasteiger partial charge in [-0.25, -0.2) is 4.79 Å². The Hall–Kier alpha value is -2.37. The molecule has 2 rings (SSSR count). The van der Waals surface area contributed by atoms with Gasteiger partial charge in [0.15, 0.2) is 0 Å². The maximum absolute atomic E-state index is 12.0. The largest absolute Gasteiger partial charge is 0.478 e. The molecule has 21 heavy (non-hydrogen) atoms. The van der Waals surface area contributed by atoms with Crippen LogP contribution in [0.2, 0.25) is 0 Å². The van der Waals surface area contributed by atoms with Gasteiger partial charge in [-0.1, -0.05) is 12.1 Å². The zero-order valence-electron chi connectivity index (χ0n) is 11.8. The van der Waals surface area contributed by atoms with Gasteiger partial charge < -0.3 is 15.3 Å². The number of amides is 2. The van der Waals surface area contributed by atoms with E-state index in [1.165, 1.54) is 12.1 Å². The molecule has 2 amide bonds. The molecule has 0 saturated carbocycles. The minimum absolute atomic E-state index is 0.00721. The van der Waals surface area contributed by atoms with Crippen LogP contribution in [0.5, 0.6) is 0 Å². The number of nitrogens with zero attached hydrogens (tertiary/aromatic N) is 1. The second-order valence-electron chi connectivity index (χ2n) is 5.22. The third-order valence-electron chi connectivity index (χ3n) is 3.70. The number of carboxylic acids is 1. The molecule has 0 bridgehead atoms. The number of nitrogens with one attached hydrogen (secondary N) is 1. The van der Waals surface area contributed by atoms with E-state index in [0.717, 1.165) is 5.56 Å². The first-order valence-corrected chi connectivity index (χ1v) is 6.81. The van der Waals surface area contributed by atoms with Crippen molar-refractivity contribution in [3.05, 3.63) is 35.4 Å². The van der Waals surface area contributed by atoms with Crippen LogP contribution in [0, 0.1) is 5.92 Å². The van der Waals surface area contributed by atoms with E-state index >= 15 is 0 Å². The Morgan fingerprint density at radius 1 is 1.33 bits per heavy atom. The van der Waals surface area contributed by atoms with Crippen molar-refractivity contribution in [3.8, 4) is 0 Å². The Bertz CT molecular complexity index is 553. The van der Waals surface area contributed by atoms with Crippen LogP contribution in [-0.2, 0) is 16.1 Å². The van der Waals surface area contributed by atoms with Crippen LogP contribution in [-0.4, -0.2) is 41.4 Å². The Balaban J connectivity index is 1.86. The summed E-state index contributed by atoms with van der Waals surface area (Å²) in [4.78, 5) is 36.0. The fourth-order valence-corrected chi connectivity index (χ4v) is 2.27. The average molecular weight is 290 g/mol. The molecule has 2 N–H and O–H groups in total. The third kappa shape index (κ3) is 3.81. The van der Waals surface area contributed by atoms with Crippen molar-refractivity contribution in [3.63, 3.8) is 0 Å². The first-order valence-electron chi connectivity index (χ1n) is 6.81. The highest BCUT2D eigenvalue weighted by Crippen LogP contribution is 2.17. The number of aromatic carboxylic acids is 1. The molecule has 0 radical (unpaired) electrons. The predicted molar refractivity (Wildman–Crippen MR) is 75.6 cm³/mol. The Labute approximate surface area is 122 Å². The molecule has 6 heteroatoms. The van der Waals surface area contributed by atoms with Crippen LogP contribution in [0.4, 0.5) is 0 Å². The monoisotopic (exact) mass is 290 g/mol. The normalized spacial score (nSPS) is 18.4. The Kier molecular flexibility index (Phi) is 4.57. The van der Waals surface area contributed by atoms with E-state index in [-0.39, 0.29) is 29.7 Å².